The van der Waals surface area contributed by atoms with Crippen LogP contribution in [0.3, 0.4) is 0 Å². The highest BCUT2D eigenvalue weighted by atomic mass is 16.5. The van der Waals surface area contributed by atoms with Gasteiger partial charge in [0.15, 0.2) is 0 Å². The maximum atomic E-state index is 13.2. The zero-order valence-corrected chi connectivity index (χ0v) is 41.1. The zero-order chi connectivity index (χ0) is 49.7. The van der Waals surface area contributed by atoms with Crippen LogP contribution in [0, 0.1) is 0 Å². The molecular formula is C62H64N2O8. The molecule has 0 spiro atoms. The molecule has 0 saturated heterocycles. The van der Waals surface area contributed by atoms with Crippen molar-refractivity contribution >= 4 is 67.0 Å². The van der Waals surface area contributed by atoms with E-state index in [1.54, 1.807) is 0 Å². The maximum Gasteiger partial charge on any atom is 0.307 e. The van der Waals surface area contributed by atoms with Crippen LogP contribution in [0.15, 0.2) is 170 Å². The lowest BCUT2D eigenvalue weighted by atomic mass is 10.0. The lowest BCUT2D eigenvalue weighted by Gasteiger charge is -2.27. The number of rotatable bonds is 27. The number of ether oxygens (including phenoxy) is 4. The van der Waals surface area contributed by atoms with Crippen molar-refractivity contribution in [2.24, 2.45) is 0 Å². The lowest BCUT2D eigenvalue weighted by Crippen LogP contribution is -2.39. The van der Waals surface area contributed by atoms with Gasteiger partial charge in [-0.15, -0.1) is 0 Å². The van der Waals surface area contributed by atoms with Crippen LogP contribution < -0.4 is 0 Å². The quantitative estimate of drug-likeness (QED) is 0.0365. The van der Waals surface area contributed by atoms with E-state index in [0.29, 0.717) is 65.0 Å². The van der Waals surface area contributed by atoms with Gasteiger partial charge in [0.1, 0.15) is 0 Å². The number of hydrogen-bond acceptors (Lipinski definition) is 10. The van der Waals surface area contributed by atoms with Gasteiger partial charge in [0, 0.05) is 65.0 Å². The number of hydrogen-bond donors (Lipinski definition) is 0. The number of carbonyl (C=O) groups is 4. The fourth-order valence-electron chi connectivity index (χ4n) is 9.38. The lowest BCUT2D eigenvalue weighted by molar-refractivity contribution is -0.146. The second-order valence-electron chi connectivity index (χ2n) is 18.1. The smallest absolute Gasteiger partial charge is 0.307 e. The summed E-state index contributed by atoms with van der Waals surface area (Å²) in [5, 5.41) is 9.11. The molecule has 8 aromatic rings. The summed E-state index contributed by atoms with van der Waals surface area (Å²) >= 11 is 0. The second kappa shape index (κ2) is 26.7. The van der Waals surface area contributed by atoms with E-state index in [1.807, 2.05) is 72.8 Å². The van der Waals surface area contributed by atoms with E-state index < -0.39 is 0 Å². The summed E-state index contributed by atoms with van der Waals surface area (Å²) < 4.78 is 23.0. The van der Waals surface area contributed by atoms with Crippen molar-refractivity contribution in [2.75, 3.05) is 65.7 Å². The third kappa shape index (κ3) is 15.1. The Morgan fingerprint density at radius 1 is 0.278 bits per heavy atom. The van der Waals surface area contributed by atoms with Gasteiger partial charge >= 0.3 is 23.9 Å². The van der Waals surface area contributed by atoms with E-state index >= 15 is 0 Å². The molecule has 0 saturated carbocycles. The first-order valence-corrected chi connectivity index (χ1v) is 25.3. The molecule has 0 fully saturated rings. The Labute approximate surface area is 422 Å². The molecular weight excluding hydrogens is 901 g/mol. The third-order valence-electron chi connectivity index (χ3n) is 13.3. The highest BCUT2D eigenvalue weighted by Crippen LogP contribution is 2.22. The van der Waals surface area contributed by atoms with Gasteiger partial charge < -0.3 is 28.7 Å². The molecule has 10 heteroatoms. The number of carbonyl (C=O) groups excluding carboxylic acids is 4. The first-order valence-electron chi connectivity index (χ1n) is 25.3. The van der Waals surface area contributed by atoms with Crippen LogP contribution in [0.25, 0.3) is 43.1 Å². The largest absolute Gasteiger partial charge is 0.465 e. The van der Waals surface area contributed by atoms with Crippen LogP contribution in [0.1, 0.15) is 47.9 Å². The molecule has 8 aromatic carbocycles. The number of fused-ring (bicyclic) bond motifs is 4. The van der Waals surface area contributed by atoms with Crippen molar-refractivity contribution in [1.82, 2.24) is 9.80 Å². The molecule has 0 bridgehead atoms. The van der Waals surface area contributed by atoms with Crippen LogP contribution in [-0.4, -0.2) is 99.4 Å². The molecule has 0 aromatic heterocycles. The molecule has 0 aliphatic heterocycles. The topological polar surface area (TPSA) is 112 Å². The minimum Gasteiger partial charge on any atom is -0.465 e. The fraction of sp³-hybridized carbons (Fsp3) is 0.290. The van der Waals surface area contributed by atoms with E-state index in [2.05, 4.69) is 107 Å². The molecule has 370 valence electrons. The molecule has 0 aliphatic carbocycles. The van der Waals surface area contributed by atoms with Gasteiger partial charge in [-0.1, -0.05) is 170 Å². The fourth-order valence-corrected chi connectivity index (χ4v) is 9.38. The van der Waals surface area contributed by atoms with Gasteiger partial charge in [-0.25, -0.2) is 0 Å². The Balaban J connectivity index is 0.873. The van der Waals surface area contributed by atoms with Gasteiger partial charge in [0.25, 0.3) is 0 Å². The Hall–Kier alpha value is -7.40. The normalized spacial score (nSPS) is 11.4. The summed E-state index contributed by atoms with van der Waals surface area (Å²) in [7, 11) is 0. The summed E-state index contributed by atoms with van der Waals surface area (Å²) in [6.45, 7) is 3.29. The first kappa shape index (κ1) is 51.0. The summed E-state index contributed by atoms with van der Waals surface area (Å²) in [6.07, 6.45) is 2.85. The van der Waals surface area contributed by atoms with Crippen molar-refractivity contribution in [2.45, 2.75) is 51.4 Å². The average molecular weight is 965 g/mol. The van der Waals surface area contributed by atoms with Crippen LogP contribution in [0.2, 0.25) is 0 Å². The molecule has 0 heterocycles. The minimum absolute atomic E-state index is 0.123. The van der Waals surface area contributed by atoms with E-state index in [9.17, 15) is 19.2 Å². The average Bonchev–Trinajstić information content (AvgIpc) is 3.41. The molecule has 0 radical (unpaired) electrons. The van der Waals surface area contributed by atoms with Crippen molar-refractivity contribution in [3.63, 3.8) is 0 Å². The van der Waals surface area contributed by atoms with Gasteiger partial charge in [-0.2, -0.15) is 0 Å². The van der Waals surface area contributed by atoms with Crippen LogP contribution in [0.4, 0.5) is 0 Å². The highest BCUT2D eigenvalue weighted by molar-refractivity contribution is 5.88. The molecule has 8 rings (SSSR count). The SMILES string of the molecule is O=C(CCN(CCC(=O)OCCc1cccc2ccccc12)CCN(CCC(=O)OCCc1cccc2ccccc12)CCC(=O)OCCc1cccc2ccccc12)OCCc1cccc2ccccc12. The number of benzene rings is 8. The van der Waals surface area contributed by atoms with Crippen LogP contribution in [-0.2, 0) is 63.8 Å². The van der Waals surface area contributed by atoms with E-state index in [1.165, 1.54) is 0 Å². The highest BCUT2D eigenvalue weighted by Gasteiger charge is 2.18. The number of nitrogens with zero attached hydrogens (tertiary/aromatic N) is 2. The van der Waals surface area contributed by atoms with Crippen molar-refractivity contribution in [3.05, 3.63) is 192 Å². The summed E-state index contributed by atoms with van der Waals surface area (Å²) in [5.74, 6) is -1.31. The molecule has 10 nitrogen and oxygen atoms in total. The predicted octanol–water partition coefficient (Wildman–Crippen LogP) is 10.9. The minimum atomic E-state index is -0.327. The summed E-state index contributed by atoms with van der Waals surface area (Å²) in [4.78, 5) is 57.0. The molecule has 0 atom stereocenters. The summed E-state index contributed by atoms with van der Waals surface area (Å²) in [6, 6.07) is 57.3. The molecule has 0 amide bonds. The second-order valence-corrected chi connectivity index (χ2v) is 18.1. The monoisotopic (exact) mass is 964 g/mol. The predicted molar refractivity (Wildman–Crippen MR) is 286 cm³/mol. The third-order valence-corrected chi connectivity index (χ3v) is 13.3. The standard InChI is InChI=1S/C62H64N2O8/c65-59(69-43-33-51-21-9-17-47-13-1-5-25-55(47)51)29-37-63(38-30-60(66)70-44-34-52-22-10-18-48-14-2-6-26-56(48)52)41-42-64(39-31-61(67)71-45-35-53-23-11-19-49-15-3-7-27-57(49)53)40-32-62(68)72-46-36-54-24-12-20-50-16-4-8-28-58(50)54/h1-28H,29-46H2. The van der Waals surface area contributed by atoms with Gasteiger partial charge in [-0.05, 0) is 65.3 Å². The van der Waals surface area contributed by atoms with Gasteiger partial charge in [0.05, 0.1) is 52.1 Å². The summed E-state index contributed by atoms with van der Waals surface area (Å²) in [5.41, 5.74) is 4.46. The van der Waals surface area contributed by atoms with Crippen molar-refractivity contribution in [3.8, 4) is 0 Å². The van der Waals surface area contributed by atoms with Crippen molar-refractivity contribution in [1.29, 1.82) is 0 Å². The molecule has 0 N–H and O–H groups in total. The van der Waals surface area contributed by atoms with E-state index in [4.69, 9.17) is 18.9 Å². The van der Waals surface area contributed by atoms with Gasteiger partial charge in [-0.3, -0.25) is 19.2 Å². The van der Waals surface area contributed by atoms with Crippen molar-refractivity contribution < 1.29 is 38.1 Å². The zero-order valence-electron chi connectivity index (χ0n) is 41.1. The Kier molecular flexibility index (Phi) is 18.9. The Bertz CT molecular complexity index is 2650. The van der Waals surface area contributed by atoms with Gasteiger partial charge in [0.2, 0.25) is 0 Å². The van der Waals surface area contributed by atoms with E-state index in [-0.39, 0.29) is 76.0 Å². The van der Waals surface area contributed by atoms with Crippen LogP contribution >= 0.6 is 0 Å². The Morgan fingerprint density at radius 3 is 0.750 bits per heavy atom. The van der Waals surface area contributed by atoms with Crippen LogP contribution in [0.5, 0.6) is 0 Å². The molecule has 72 heavy (non-hydrogen) atoms. The molecule has 0 unspecified atom stereocenters. The maximum absolute atomic E-state index is 13.2. The van der Waals surface area contributed by atoms with E-state index in [0.717, 1.165) is 65.3 Å². The Morgan fingerprint density at radius 2 is 0.500 bits per heavy atom. The molecule has 0 aliphatic rings. The number of esters is 4. The first-order chi connectivity index (χ1) is 35.4.